The largest absolute Gasteiger partial charge is 0.462 e. The minimum Gasteiger partial charge on any atom is -0.462 e. The van der Waals surface area contributed by atoms with Crippen molar-refractivity contribution < 1.29 is 28.6 Å². The highest BCUT2D eigenvalue weighted by Crippen LogP contribution is 2.48. The molecule has 2 heterocycles. The van der Waals surface area contributed by atoms with E-state index in [1.165, 1.54) is 6.92 Å². The van der Waals surface area contributed by atoms with Crippen molar-refractivity contribution in [3.63, 3.8) is 0 Å². The summed E-state index contributed by atoms with van der Waals surface area (Å²) in [5, 5.41) is 0. The molecule has 0 N–H and O–H groups in total. The van der Waals surface area contributed by atoms with Crippen LogP contribution in [0.1, 0.15) is 32.6 Å². The lowest BCUT2D eigenvalue weighted by atomic mass is 9.66. The second kappa shape index (κ2) is 5.74. The van der Waals surface area contributed by atoms with Crippen LogP contribution in [0.25, 0.3) is 0 Å². The van der Waals surface area contributed by atoms with Crippen LogP contribution in [0.4, 0.5) is 0 Å². The topological polar surface area (TPSA) is 78.9 Å². The first-order valence-electron chi connectivity index (χ1n) is 7.66. The van der Waals surface area contributed by atoms with Crippen molar-refractivity contribution in [2.75, 3.05) is 6.61 Å². The maximum Gasteiger partial charge on any atom is 0.344 e. The Kier molecular flexibility index (Phi) is 3.93. The third kappa shape index (κ3) is 2.87. The summed E-state index contributed by atoms with van der Waals surface area (Å²) >= 11 is 0. The van der Waals surface area contributed by atoms with Gasteiger partial charge in [0.15, 0.2) is 6.61 Å². The van der Waals surface area contributed by atoms with Gasteiger partial charge in [0.25, 0.3) is 0 Å². The van der Waals surface area contributed by atoms with Gasteiger partial charge in [-0.05, 0) is 32.6 Å². The molecule has 2 saturated heterocycles. The van der Waals surface area contributed by atoms with Crippen molar-refractivity contribution >= 4 is 17.9 Å². The lowest BCUT2D eigenvalue weighted by molar-refractivity contribution is -0.171. The Morgan fingerprint density at radius 1 is 1.23 bits per heavy atom. The molecule has 2 saturated carbocycles. The number of hydrogen-bond donors (Lipinski definition) is 0. The summed E-state index contributed by atoms with van der Waals surface area (Å²) in [6, 6.07) is 0. The van der Waals surface area contributed by atoms with E-state index in [9.17, 15) is 14.4 Å². The van der Waals surface area contributed by atoms with Crippen LogP contribution in [-0.2, 0) is 28.6 Å². The summed E-state index contributed by atoms with van der Waals surface area (Å²) in [6.07, 6.45) is 2.71. The van der Waals surface area contributed by atoms with Gasteiger partial charge in [0.2, 0.25) is 0 Å². The van der Waals surface area contributed by atoms with Gasteiger partial charge in [-0.15, -0.1) is 0 Å². The smallest absolute Gasteiger partial charge is 0.344 e. The van der Waals surface area contributed by atoms with Gasteiger partial charge in [0.05, 0.1) is 5.92 Å². The van der Waals surface area contributed by atoms with E-state index in [-0.39, 0.29) is 41.5 Å². The van der Waals surface area contributed by atoms with Crippen LogP contribution in [0.2, 0.25) is 0 Å². The zero-order valence-electron chi connectivity index (χ0n) is 12.6. The summed E-state index contributed by atoms with van der Waals surface area (Å²) in [6.45, 7) is 4.57. The second-order valence-corrected chi connectivity index (χ2v) is 6.53. The first-order chi connectivity index (χ1) is 10.4. The molecule has 0 aromatic rings. The SMILES string of the molecule is C=C(C)C(=O)OCC(=O)OC1C2CC3CC1CC(C2)C(=O)O3. The predicted molar refractivity (Wildman–Crippen MR) is 74.5 cm³/mol. The third-order valence-corrected chi connectivity index (χ3v) is 4.79. The molecule has 2 unspecified atom stereocenters. The van der Waals surface area contributed by atoms with Gasteiger partial charge >= 0.3 is 17.9 Å². The molecule has 0 aromatic carbocycles. The molecule has 0 amide bonds. The van der Waals surface area contributed by atoms with Crippen molar-refractivity contribution in [2.45, 2.75) is 44.8 Å². The molecule has 4 bridgehead atoms. The minimum atomic E-state index is -0.599. The van der Waals surface area contributed by atoms with Crippen molar-refractivity contribution in [1.29, 1.82) is 0 Å². The van der Waals surface area contributed by atoms with Gasteiger partial charge in [0, 0.05) is 17.4 Å². The summed E-state index contributed by atoms with van der Waals surface area (Å²) in [5.74, 6) is -0.978. The van der Waals surface area contributed by atoms with Gasteiger partial charge < -0.3 is 14.2 Å². The van der Waals surface area contributed by atoms with Crippen LogP contribution in [0.5, 0.6) is 0 Å². The molecule has 2 aliphatic heterocycles. The zero-order valence-corrected chi connectivity index (χ0v) is 12.6. The molecule has 4 aliphatic rings. The number of carbonyl (C=O) groups is 3. The summed E-state index contributed by atoms with van der Waals surface area (Å²) in [5.41, 5.74) is 0.245. The fourth-order valence-electron chi connectivity index (χ4n) is 3.89. The zero-order chi connectivity index (χ0) is 15.9. The van der Waals surface area contributed by atoms with E-state index in [0.29, 0.717) is 0 Å². The maximum atomic E-state index is 11.9. The lowest BCUT2D eigenvalue weighted by Gasteiger charge is -2.42. The molecule has 6 heteroatoms. The van der Waals surface area contributed by atoms with Gasteiger partial charge in [-0.1, -0.05) is 6.58 Å². The predicted octanol–water partition coefficient (Wildman–Crippen LogP) is 1.38. The Bertz CT molecular complexity index is 509. The van der Waals surface area contributed by atoms with E-state index in [1.54, 1.807) is 0 Å². The van der Waals surface area contributed by atoms with Crippen molar-refractivity contribution in [3.8, 4) is 0 Å². The maximum absolute atomic E-state index is 11.9. The molecular formula is C16H20O6. The summed E-state index contributed by atoms with van der Waals surface area (Å²) in [7, 11) is 0. The molecule has 22 heavy (non-hydrogen) atoms. The minimum absolute atomic E-state index is 0.0359. The number of ether oxygens (including phenoxy) is 3. The monoisotopic (exact) mass is 308 g/mol. The van der Waals surface area contributed by atoms with Crippen LogP contribution < -0.4 is 0 Å². The highest BCUT2D eigenvalue weighted by molar-refractivity contribution is 5.88. The van der Waals surface area contributed by atoms with Crippen LogP contribution in [0.3, 0.4) is 0 Å². The molecule has 4 rings (SSSR count). The fourth-order valence-corrected chi connectivity index (χ4v) is 3.89. The Hall–Kier alpha value is -1.85. The van der Waals surface area contributed by atoms with Gasteiger partial charge in [-0.3, -0.25) is 4.79 Å². The number of fused-ring (bicyclic) bond motifs is 1. The quantitative estimate of drug-likeness (QED) is 0.443. The van der Waals surface area contributed by atoms with E-state index in [0.717, 1.165) is 25.7 Å². The molecule has 0 aromatic heterocycles. The van der Waals surface area contributed by atoms with Crippen molar-refractivity contribution in [3.05, 3.63) is 12.2 Å². The average molecular weight is 308 g/mol. The number of esters is 3. The first-order valence-corrected chi connectivity index (χ1v) is 7.66. The Morgan fingerprint density at radius 2 is 1.86 bits per heavy atom. The summed E-state index contributed by atoms with van der Waals surface area (Å²) < 4.78 is 15.8. The number of rotatable bonds is 4. The van der Waals surface area contributed by atoms with E-state index in [2.05, 4.69) is 6.58 Å². The molecule has 0 radical (unpaired) electrons. The number of carbonyl (C=O) groups excluding carboxylic acids is 3. The van der Waals surface area contributed by atoms with Crippen LogP contribution in [-0.4, -0.2) is 36.7 Å². The molecular weight excluding hydrogens is 288 g/mol. The van der Waals surface area contributed by atoms with Crippen LogP contribution in [0, 0.1) is 17.8 Å². The third-order valence-electron chi connectivity index (χ3n) is 4.79. The second-order valence-electron chi connectivity index (χ2n) is 6.53. The van der Waals surface area contributed by atoms with Crippen molar-refractivity contribution in [1.82, 2.24) is 0 Å². The Balaban J connectivity index is 1.58. The Morgan fingerprint density at radius 3 is 2.45 bits per heavy atom. The van der Waals surface area contributed by atoms with E-state index in [1.807, 2.05) is 0 Å². The van der Waals surface area contributed by atoms with Gasteiger partial charge in [0.1, 0.15) is 12.2 Å². The van der Waals surface area contributed by atoms with Crippen molar-refractivity contribution in [2.24, 2.45) is 17.8 Å². The van der Waals surface area contributed by atoms with Crippen LogP contribution in [0.15, 0.2) is 12.2 Å². The molecule has 2 atom stereocenters. The molecule has 6 nitrogen and oxygen atoms in total. The van der Waals surface area contributed by atoms with Gasteiger partial charge in [-0.25, -0.2) is 9.59 Å². The van der Waals surface area contributed by atoms with Crippen LogP contribution >= 0.6 is 0 Å². The molecule has 2 aliphatic carbocycles. The fraction of sp³-hybridized carbons (Fsp3) is 0.688. The standard InChI is InChI=1S/C16H20O6/c1-8(2)15(18)20-7-13(17)22-14-9-3-11-4-10(14)6-12(5-9)21-16(11)19/h9-12,14H,1,3-7H2,2H3. The first kappa shape index (κ1) is 15.1. The van der Waals surface area contributed by atoms with E-state index in [4.69, 9.17) is 14.2 Å². The highest BCUT2D eigenvalue weighted by Gasteiger charge is 2.51. The molecule has 4 fully saturated rings. The molecule has 120 valence electrons. The highest BCUT2D eigenvalue weighted by atomic mass is 16.6. The van der Waals surface area contributed by atoms with E-state index >= 15 is 0 Å². The lowest BCUT2D eigenvalue weighted by Crippen LogP contribution is -2.45. The molecule has 0 spiro atoms. The van der Waals surface area contributed by atoms with Gasteiger partial charge in [-0.2, -0.15) is 0 Å². The number of hydrogen-bond acceptors (Lipinski definition) is 6. The Labute approximate surface area is 128 Å². The van der Waals surface area contributed by atoms with E-state index < -0.39 is 18.5 Å². The summed E-state index contributed by atoms with van der Waals surface area (Å²) in [4.78, 5) is 35.0. The normalized spacial score (nSPS) is 35.5. The average Bonchev–Trinajstić information content (AvgIpc) is 2.64.